The maximum atomic E-state index is 13.9. The highest BCUT2D eigenvalue weighted by Crippen LogP contribution is 2.35. The van der Waals surface area contributed by atoms with E-state index in [4.69, 9.17) is 19.3 Å². The van der Waals surface area contributed by atoms with Gasteiger partial charge < -0.3 is 19.5 Å². The van der Waals surface area contributed by atoms with Gasteiger partial charge >= 0.3 is 0 Å². The van der Waals surface area contributed by atoms with Crippen molar-refractivity contribution in [3.05, 3.63) is 126 Å². The van der Waals surface area contributed by atoms with Crippen molar-refractivity contribution in [2.45, 2.75) is 24.2 Å². The molecule has 5 aromatic rings. The summed E-state index contributed by atoms with van der Waals surface area (Å²) < 4.78 is 32.0. The number of nitrogens with one attached hydrogen (secondary N) is 1. The van der Waals surface area contributed by atoms with E-state index in [0.717, 1.165) is 16.8 Å². The third kappa shape index (κ3) is 7.90. The molecule has 0 aliphatic carbocycles. The summed E-state index contributed by atoms with van der Waals surface area (Å²) in [5.74, 6) is 1.27. The minimum atomic E-state index is -0.429. The van der Waals surface area contributed by atoms with Crippen molar-refractivity contribution >= 4 is 29.3 Å². The van der Waals surface area contributed by atoms with Crippen LogP contribution in [0.15, 0.2) is 113 Å². The Balaban J connectivity index is 1.22. The Morgan fingerprint density at radius 1 is 0.878 bits per heavy atom. The first-order chi connectivity index (χ1) is 23.9. The van der Waals surface area contributed by atoms with Crippen molar-refractivity contribution in [3.63, 3.8) is 0 Å². The predicted octanol–water partition coefficient (Wildman–Crippen LogP) is 5.59. The molecule has 1 atom stereocenters. The minimum Gasteiger partial charge on any atom is -0.497 e. The number of ether oxygens (including phenoxy) is 3. The first-order valence-electron chi connectivity index (χ1n) is 15.4. The van der Waals surface area contributed by atoms with Crippen LogP contribution in [-0.2, 0) is 16.1 Å². The molecule has 13 heteroatoms. The van der Waals surface area contributed by atoms with E-state index in [1.165, 1.54) is 28.9 Å². The lowest BCUT2D eigenvalue weighted by Crippen LogP contribution is -2.29. The second kappa shape index (κ2) is 15.5. The molecule has 0 saturated carbocycles. The highest BCUT2D eigenvalue weighted by molar-refractivity contribution is 7.99. The molecule has 0 saturated heterocycles. The van der Waals surface area contributed by atoms with E-state index < -0.39 is 6.04 Å². The molecule has 1 aliphatic heterocycles. The normalized spacial score (nSPS) is 13.9. The zero-order valence-electron chi connectivity index (χ0n) is 26.8. The van der Waals surface area contributed by atoms with Gasteiger partial charge in [-0.1, -0.05) is 54.2 Å². The van der Waals surface area contributed by atoms with E-state index in [-0.39, 0.29) is 36.5 Å². The number of carbonyl (C=O) groups is 2. The molecule has 49 heavy (non-hydrogen) atoms. The average Bonchev–Trinajstić information content (AvgIpc) is 3.78. The zero-order valence-corrected chi connectivity index (χ0v) is 27.6. The van der Waals surface area contributed by atoms with Crippen LogP contribution in [0.4, 0.5) is 4.39 Å². The number of benzene rings is 4. The van der Waals surface area contributed by atoms with Gasteiger partial charge in [0, 0.05) is 6.42 Å². The van der Waals surface area contributed by atoms with E-state index in [0.29, 0.717) is 40.3 Å². The number of rotatable bonds is 13. The number of hydrogen-bond acceptors (Lipinski definition) is 9. The maximum Gasteiger partial charge on any atom is 0.258 e. The highest BCUT2D eigenvalue weighted by Gasteiger charge is 2.33. The number of methoxy groups -OCH3 is 2. The molecule has 250 valence electrons. The van der Waals surface area contributed by atoms with Crippen LogP contribution >= 0.6 is 11.8 Å². The summed E-state index contributed by atoms with van der Waals surface area (Å²) in [4.78, 5) is 26.5. The quantitative estimate of drug-likeness (QED) is 0.160. The second-order valence-corrected chi connectivity index (χ2v) is 11.8. The summed E-state index contributed by atoms with van der Waals surface area (Å²) in [7, 11) is 3.16. The van der Waals surface area contributed by atoms with Crippen molar-refractivity contribution in [1.29, 1.82) is 0 Å². The second-order valence-electron chi connectivity index (χ2n) is 10.9. The Labute approximate surface area is 286 Å². The molecule has 0 bridgehead atoms. The van der Waals surface area contributed by atoms with Gasteiger partial charge in [-0.15, -0.1) is 10.2 Å². The molecule has 0 radical (unpaired) electrons. The van der Waals surface area contributed by atoms with E-state index in [2.05, 4.69) is 15.5 Å². The molecule has 1 N–H and O–H groups in total. The van der Waals surface area contributed by atoms with Gasteiger partial charge in [0.05, 0.1) is 44.0 Å². The van der Waals surface area contributed by atoms with Crippen LogP contribution in [-0.4, -0.2) is 63.9 Å². The van der Waals surface area contributed by atoms with Crippen molar-refractivity contribution in [2.75, 3.05) is 26.6 Å². The lowest BCUT2D eigenvalue weighted by atomic mass is 9.98. The number of amides is 2. The van der Waals surface area contributed by atoms with E-state index in [9.17, 15) is 14.0 Å². The molecular weight excluding hydrogens is 647 g/mol. The first-order valence-corrected chi connectivity index (χ1v) is 16.4. The first kappa shape index (κ1) is 33.2. The average molecular weight is 681 g/mol. The molecule has 0 fully saturated rings. The van der Waals surface area contributed by atoms with E-state index in [1.54, 1.807) is 49.1 Å². The maximum absolute atomic E-state index is 13.9. The fraction of sp³-hybridized carbons (Fsp3) is 0.194. The lowest BCUT2D eigenvalue weighted by Gasteiger charge is -2.22. The van der Waals surface area contributed by atoms with E-state index >= 15 is 0 Å². The molecule has 11 nitrogen and oxygen atoms in total. The number of hydrazone groups is 1. The summed E-state index contributed by atoms with van der Waals surface area (Å²) in [5, 5.41) is 18.2. The minimum absolute atomic E-state index is 0.0261. The number of para-hydroxylation sites is 3. The standard InChI is InChI=1S/C36H33FN6O5S/c1-46-27-18-14-24(15-19-27)29-20-31(25-12-16-26(37)17-13-25)43(41-29)35(45)23-49-36-40-39-33(42(36)30-10-6-7-11-32(30)47-2)21-38-34(44)22-48-28-8-4-3-5-9-28/h3-19,31H,20-23H2,1-2H3,(H,38,44)/t31-/m1/s1. The number of hydrogen-bond donors (Lipinski definition) is 1. The van der Waals surface area contributed by atoms with Crippen molar-refractivity contribution in [3.8, 4) is 22.9 Å². The van der Waals surface area contributed by atoms with Gasteiger partial charge in [-0.3, -0.25) is 14.2 Å². The van der Waals surface area contributed by atoms with Gasteiger partial charge in [-0.05, 0) is 71.8 Å². The van der Waals surface area contributed by atoms with Gasteiger partial charge in [-0.25, -0.2) is 9.40 Å². The van der Waals surface area contributed by atoms with Gasteiger partial charge in [0.25, 0.3) is 11.8 Å². The molecule has 0 spiro atoms. The molecule has 0 unspecified atom stereocenters. The number of carbonyl (C=O) groups excluding carboxylic acids is 2. The Bertz CT molecular complexity index is 1940. The van der Waals surface area contributed by atoms with Gasteiger partial charge in [0.15, 0.2) is 17.6 Å². The summed E-state index contributed by atoms with van der Waals surface area (Å²) >= 11 is 1.18. The topological polar surface area (TPSA) is 120 Å². The summed E-state index contributed by atoms with van der Waals surface area (Å²) in [6.07, 6.45) is 0.448. The van der Waals surface area contributed by atoms with E-state index in [1.807, 2.05) is 60.7 Å². The number of halogens is 1. The largest absolute Gasteiger partial charge is 0.497 e. The van der Waals surface area contributed by atoms with Crippen molar-refractivity contribution in [1.82, 2.24) is 25.1 Å². The van der Waals surface area contributed by atoms with Gasteiger partial charge in [-0.2, -0.15) is 5.10 Å². The van der Waals surface area contributed by atoms with Crippen LogP contribution in [0.2, 0.25) is 0 Å². The highest BCUT2D eigenvalue weighted by atomic mass is 32.2. The summed E-state index contributed by atoms with van der Waals surface area (Å²) in [6.45, 7) is -0.127. The van der Waals surface area contributed by atoms with Crippen LogP contribution in [0.25, 0.3) is 5.69 Å². The molecule has 1 aromatic heterocycles. The van der Waals surface area contributed by atoms with Crippen molar-refractivity contribution in [2.24, 2.45) is 5.10 Å². The molecule has 1 aliphatic rings. The van der Waals surface area contributed by atoms with Gasteiger partial charge in [0.1, 0.15) is 23.1 Å². The molecule has 6 rings (SSSR count). The third-order valence-corrected chi connectivity index (χ3v) is 8.67. The number of aromatic nitrogens is 3. The zero-order chi connectivity index (χ0) is 34.2. The predicted molar refractivity (Wildman–Crippen MR) is 183 cm³/mol. The Morgan fingerprint density at radius 2 is 1.61 bits per heavy atom. The molecular formula is C36H33FN6O5S. The molecule has 2 amide bonds. The van der Waals surface area contributed by atoms with Crippen LogP contribution in [0.3, 0.4) is 0 Å². The molecule has 2 heterocycles. The van der Waals surface area contributed by atoms with Crippen LogP contribution in [0.1, 0.15) is 29.4 Å². The number of thioether (sulfide) groups is 1. The van der Waals surface area contributed by atoms with Crippen LogP contribution in [0.5, 0.6) is 17.2 Å². The fourth-order valence-corrected chi connectivity index (χ4v) is 6.11. The Hall–Kier alpha value is -5.69. The van der Waals surface area contributed by atoms with Gasteiger partial charge in [0.2, 0.25) is 0 Å². The fourth-order valence-electron chi connectivity index (χ4n) is 5.29. The van der Waals surface area contributed by atoms with Crippen molar-refractivity contribution < 1.29 is 28.2 Å². The Kier molecular flexibility index (Phi) is 10.5. The monoisotopic (exact) mass is 680 g/mol. The Morgan fingerprint density at radius 3 is 2.35 bits per heavy atom. The third-order valence-electron chi connectivity index (χ3n) is 7.75. The summed E-state index contributed by atoms with van der Waals surface area (Å²) in [5.41, 5.74) is 2.98. The smallest absolute Gasteiger partial charge is 0.258 e. The number of nitrogens with zero attached hydrogens (tertiary/aromatic N) is 5. The SMILES string of the molecule is COc1ccc(C2=NN(C(=O)CSc3nnc(CNC(=O)COc4ccccc4)n3-c3ccccc3OC)[C@@H](c3ccc(F)cc3)C2)cc1. The molecule has 4 aromatic carbocycles. The lowest BCUT2D eigenvalue weighted by molar-refractivity contribution is -0.130. The van der Waals surface area contributed by atoms with Crippen LogP contribution in [0, 0.1) is 5.82 Å². The summed E-state index contributed by atoms with van der Waals surface area (Å²) in [6, 6.07) is 29.5. The van der Waals surface area contributed by atoms with Crippen LogP contribution < -0.4 is 19.5 Å².